The molecule has 9 heteroatoms. The summed E-state index contributed by atoms with van der Waals surface area (Å²) >= 11 is 0. The molecule has 1 N–H and O–H groups in total. The second kappa shape index (κ2) is 8.23. The first kappa shape index (κ1) is 21.8. The minimum atomic E-state index is -4.03. The number of nitrogens with one attached hydrogen (secondary N) is 1. The summed E-state index contributed by atoms with van der Waals surface area (Å²) in [5, 5.41) is 0. The highest BCUT2D eigenvalue weighted by molar-refractivity contribution is 7.92. The van der Waals surface area contributed by atoms with Crippen molar-refractivity contribution >= 4 is 21.9 Å². The van der Waals surface area contributed by atoms with Crippen molar-refractivity contribution in [3.05, 3.63) is 65.2 Å². The molecular formula is C23H24N4O4S. The Labute approximate surface area is 187 Å². The maximum Gasteiger partial charge on any atom is 0.264 e. The number of aryl methyl sites for hydroxylation is 2. The summed E-state index contributed by atoms with van der Waals surface area (Å²) in [5.41, 5.74) is 3.68. The van der Waals surface area contributed by atoms with Gasteiger partial charge in [0.1, 0.15) is 6.61 Å². The number of carbonyl (C=O) groups is 1. The van der Waals surface area contributed by atoms with Crippen LogP contribution in [0.25, 0.3) is 11.3 Å². The van der Waals surface area contributed by atoms with Crippen LogP contribution in [0.15, 0.2) is 53.4 Å². The molecule has 0 spiro atoms. The molecule has 0 fully saturated rings. The van der Waals surface area contributed by atoms with Gasteiger partial charge in [0.25, 0.3) is 15.9 Å². The molecule has 0 radical (unpaired) electrons. The molecule has 3 aromatic rings. The molecule has 1 aliphatic rings. The monoisotopic (exact) mass is 452 g/mol. The molecule has 1 aromatic heterocycles. The third-order valence-corrected chi connectivity index (χ3v) is 6.84. The number of hydrogen-bond donors (Lipinski definition) is 1. The summed E-state index contributed by atoms with van der Waals surface area (Å²) in [4.78, 5) is 23.1. The maximum absolute atomic E-state index is 13.1. The van der Waals surface area contributed by atoms with Crippen LogP contribution in [0.1, 0.15) is 28.4 Å². The van der Waals surface area contributed by atoms with Crippen molar-refractivity contribution in [2.75, 3.05) is 18.4 Å². The highest BCUT2D eigenvalue weighted by atomic mass is 32.2. The molecule has 8 nitrogen and oxygen atoms in total. The number of carbonyl (C=O) groups excluding carboxylic acids is 1. The first-order valence-corrected chi connectivity index (χ1v) is 11.6. The van der Waals surface area contributed by atoms with E-state index in [4.69, 9.17) is 4.74 Å². The van der Waals surface area contributed by atoms with Gasteiger partial charge in [-0.3, -0.25) is 4.79 Å². The Morgan fingerprint density at radius 3 is 2.47 bits per heavy atom. The van der Waals surface area contributed by atoms with Gasteiger partial charge < -0.3 is 9.64 Å². The molecule has 1 atom stereocenters. The fraction of sp³-hybridized carbons (Fsp3) is 0.261. The number of anilines is 1. The SMILES string of the molecule is Cc1cccc(C)c1-c1cc2nc(n1)NS(=O)(=O)c1cccc(c1)C(=O)N(C)C(C)CO2. The molecule has 4 rings (SSSR count). The lowest BCUT2D eigenvalue weighted by Gasteiger charge is -2.25. The van der Waals surface area contributed by atoms with E-state index in [0.717, 1.165) is 16.7 Å². The predicted octanol–water partition coefficient (Wildman–Crippen LogP) is 3.41. The molecule has 1 unspecified atom stereocenters. The molecule has 0 saturated carbocycles. The van der Waals surface area contributed by atoms with Gasteiger partial charge in [-0.15, -0.1) is 0 Å². The molecule has 1 aliphatic heterocycles. The van der Waals surface area contributed by atoms with Crippen LogP contribution in [-0.2, 0) is 10.0 Å². The van der Waals surface area contributed by atoms with Gasteiger partial charge in [-0.2, -0.15) is 4.98 Å². The lowest BCUT2D eigenvalue weighted by Crippen LogP contribution is -2.38. The average molecular weight is 453 g/mol. The van der Waals surface area contributed by atoms with E-state index >= 15 is 0 Å². The van der Waals surface area contributed by atoms with Crippen molar-refractivity contribution in [2.24, 2.45) is 0 Å². The van der Waals surface area contributed by atoms with E-state index in [1.807, 2.05) is 39.0 Å². The van der Waals surface area contributed by atoms with Gasteiger partial charge in [-0.05, 0) is 50.1 Å². The summed E-state index contributed by atoms with van der Waals surface area (Å²) in [6, 6.07) is 13.2. The minimum absolute atomic E-state index is 0.0489. The van der Waals surface area contributed by atoms with Crippen LogP contribution in [0, 0.1) is 13.8 Å². The van der Waals surface area contributed by atoms with Crippen LogP contribution < -0.4 is 9.46 Å². The quantitative estimate of drug-likeness (QED) is 0.607. The maximum atomic E-state index is 13.1. The number of ether oxygens (including phenoxy) is 1. The number of likely N-dealkylation sites (N-methyl/N-ethyl adjacent to an activating group) is 1. The summed E-state index contributed by atoms with van der Waals surface area (Å²) in [5.74, 6) is -0.183. The summed E-state index contributed by atoms with van der Waals surface area (Å²) in [7, 11) is -2.38. The second-order valence-corrected chi connectivity index (χ2v) is 9.57. The Kier molecular flexibility index (Phi) is 5.60. The molecular weight excluding hydrogens is 428 g/mol. The molecule has 4 bridgehead atoms. The molecule has 0 saturated heterocycles. The molecule has 0 aliphatic carbocycles. The minimum Gasteiger partial charge on any atom is -0.475 e. The van der Waals surface area contributed by atoms with Gasteiger partial charge >= 0.3 is 0 Å². The zero-order valence-corrected chi connectivity index (χ0v) is 19.1. The van der Waals surface area contributed by atoms with Crippen LogP contribution in [-0.4, -0.2) is 48.9 Å². The third kappa shape index (κ3) is 4.16. The number of amides is 1. The first-order chi connectivity index (χ1) is 15.2. The fourth-order valence-corrected chi connectivity index (χ4v) is 4.58. The average Bonchev–Trinajstić information content (AvgIpc) is 2.75. The van der Waals surface area contributed by atoms with Gasteiger partial charge in [0, 0.05) is 24.2 Å². The van der Waals surface area contributed by atoms with Gasteiger partial charge in [0.15, 0.2) is 0 Å². The lowest BCUT2D eigenvalue weighted by atomic mass is 10.00. The zero-order valence-electron chi connectivity index (χ0n) is 18.3. The fourth-order valence-electron chi connectivity index (χ4n) is 3.59. The number of aromatic nitrogens is 2. The van der Waals surface area contributed by atoms with E-state index in [1.165, 1.54) is 23.1 Å². The standard InChI is InChI=1S/C23H24N4O4S/c1-14-7-5-8-15(2)21(14)19-12-20-25-23(24-19)26-32(29,30)18-10-6-9-17(11-18)22(28)27(4)16(3)13-31-20/h5-12,16H,13H2,1-4H3,(H,24,25,26). The van der Waals surface area contributed by atoms with E-state index in [9.17, 15) is 13.2 Å². The molecule has 32 heavy (non-hydrogen) atoms. The Morgan fingerprint density at radius 2 is 1.75 bits per heavy atom. The van der Waals surface area contributed by atoms with Gasteiger partial charge in [-0.1, -0.05) is 24.3 Å². The number of hydrogen-bond acceptors (Lipinski definition) is 6. The van der Waals surface area contributed by atoms with E-state index in [0.29, 0.717) is 5.69 Å². The van der Waals surface area contributed by atoms with Crippen molar-refractivity contribution < 1.29 is 17.9 Å². The Balaban J connectivity index is 1.89. The van der Waals surface area contributed by atoms with Gasteiger partial charge in [0.2, 0.25) is 11.8 Å². The van der Waals surface area contributed by atoms with Gasteiger partial charge in [0.05, 0.1) is 16.6 Å². The molecule has 166 valence electrons. The number of fused-ring (bicyclic) bond motifs is 4. The van der Waals surface area contributed by atoms with Crippen molar-refractivity contribution in [1.82, 2.24) is 14.9 Å². The highest BCUT2D eigenvalue weighted by Gasteiger charge is 2.24. The highest BCUT2D eigenvalue weighted by Crippen LogP contribution is 2.29. The largest absolute Gasteiger partial charge is 0.475 e. The number of rotatable bonds is 1. The number of benzene rings is 2. The molecule has 2 heterocycles. The smallest absolute Gasteiger partial charge is 0.264 e. The number of sulfonamides is 1. The second-order valence-electron chi connectivity index (χ2n) is 7.89. The van der Waals surface area contributed by atoms with Crippen molar-refractivity contribution in [1.29, 1.82) is 0 Å². The van der Waals surface area contributed by atoms with Crippen molar-refractivity contribution in [3.63, 3.8) is 0 Å². The van der Waals surface area contributed by atoms with Crippen molar-refractivity contribution in [2.45, 2.75) is 31.7 Å². The van der Waals surface area contributed by atoms with E-state index < -0.39 is 10.0 Å². The first-order valence-electron chi connectivity index (χ1n) is 10.1. The van der Waals surface area contributed by atoms with E-state index in [1.54, 1.807) is 19.2 Å². The number of nitrogens with zero attached hydrogens (tertiary/aromatic N) is 3. The zero-order chi connectivity index (χ0) is 23.0. The lowest BCUT2D eigenvalue weighted by molar-refractivity contribution is 0.0694. The Hall–Kier alpha value is -3.46. The van der Waals surface area contributed by atoms with Crippen LogP contribution in [0.4, 0.5) is 5.95 Å². The predicted molar refractivity (Wildman–Crippen MR) is 121 cm³/mol. The van der Waals surface area contributed by atoms with E-state index in [2.05, 4.69) is 14.7 Å². The van der Waals surface area contributed by atoms with Crippen LogP contribution in [0.3, 0.4) is 0 Å². The molecule has 2 aromatic carbocycles. The van der Waals surface area contributed by atoms with Gasteiger partial charge in [-0.25, -0.2) is 18.1 Å². The summed E-state index contributed by atoms with van der Waals surface area (Å²) in [6.45, 7) is 5.96. The topological polar surface area (TPSA) is 101 Å². The van der Waals surface area contributed by atoms with E-state index in [-0.39, 0.29) is 40.8 Å². The summed E-state index contributed by atoms with van der Waals surface area (Å²) < 4.78 is 34.4. The Bertz CT molecular complexity index is 1290. The van der Waals surface area contributed by atoms with Crippen LogP contribution >= 0.6 is 0 Å². The molecule has 1 amide bonds. The third-order valence-electron chi connectivity index (χ3n) is 5.51. The summed E-state index contributed by atoms with van der Waals surface area (Å²) in [6.07, 6.45) is 0. The Morgan fingerprint density at radius 1 is 1.06 bits per heavy atom. The van der Waals surface area contributed by atoms with Crippen molar-refractivity contribution in [3.8, 4) is 17.1 Å². The normalized spacial score (nSPS) is 17.9. The van der Waals surface area contributed by atoms with Crippen LogP contribution in [0.2, 0.25) is 0 Å². The van der Waals surface area contributed by atoms with Crippen LogP contribution in [0.5, 0.6) is 5.88 Å².